The fraction of sp³-hybridized carbons (Fsp3) is 0.375. The van der Waals surface area contributed by atoms with Gasteiger partial charge >= 0.3 is 20.2 Å². The first-order chi connectivity index (χ1) is 19.0. The number of methoxy groups -OCH3 is 2. The highest BCUT2D eigenvalue weighted by Crippen LogP contribution is 2.26. The van der Waals surface area contributed by atoms with Crippen molar-refractivity contribution in [1.82, 2.24) is 4.90 Å². The summed E-state index contributed by atoms with van der Waals surface area (Å²) in [6.45, 7) is 2.07. The molecule has 1 saturated heterocycles. The van der Waals surface area contributed by atoms with Crippen LogP contribution in [0.5, 0.6) is 11.5 Å². The second-order valence-corrected chi connectivity index (χ2v) is 12.3. The number of amides is 1. The van der Waals surface area contributed by atoms with Gasteiger partial charge in [0.2, 0.25) is 5.04 Å². The van der Waals surface area contributed by atoms with Gasteiger partial charge in [-0.05, 0) is 66.7 Å². The van der Waals surface area contributed by atoms with Crippen molar-refractivity contribution in [2.45, 2.75) is 48.6 Å². The van der Waals surface area contributed by atoms with Crippen LogP contribution in [0.3, 0.4) is 0 Å². The molecule has 0 spiro atoms. The molecule has 1 heterocycles. The minimum absolute atomic E-state index is 0.0645. The summed E-state index contributed by atoms with van der Waals surface area (Å²) in [6.07, 6.45) is 1.42. The molecule has 1 aliphatic heterocycles. The highest BCUT2D eigenvalue weighted by molar-refractivity contribution is 8.28. The van der Waals surface area contributed by atoms with Crippen LogP contribution in [0.2, 0.25) is 0 Å². The summed E-state index contributed by atoms with van der Waals surface area (Å²) >= 11 is 0.419. The summed E-state index contributed by atoms with van der Waals surface area (Å²) < 4.78 is 70.0. The summed E-state index contributed by atoms with van der Waals surface area (Å²) in [6, 6.07) is 10.6. The number of aliphatic hydroxyl groups excluding tert-OH is 1. The van der Waals surface area contributed by atoms with E-state index in [1.165, 1.54) is 62.8 Å². The Labute approximate surface area is 237 Å². The zero-order valence-corrected chi connectivity index (χ0v) is 24.4. The van der Waals surface area contributed by atoms with Gasteiger partial charge in [-0.15, -0.1) is 0 Å². The van der Waals surface area contributed by atoms with Crippen LogP contribution in [0, 0.1) is 0 Å². The van der Waals surface area contributed by atoms with Crippen molar-refractivity contribution in [2.75, 3.05) is 20.8 Å². The van der Waals surface area contributed by atoms with E-state index < -0.39 is 37.4 Å². The average Bonchev–Trinajstić information content (AvgIpc) is 2.95. The van der Waals surface area contributed by atoms with E-state index in [4.69, 9.17) is 18.0 Å². The van der Waals surface area contributed by atoms with Gasteiger partial charge in [0.25, 0.3) is 5.91 Å². The molecule has 0 bridgehead atoms. The quantitative estimate of drug-likeness (QED) is 0.260. The Morgan fingerprint density at radius 1 is 0.825 bits per heavy atom. The Kier molecular flexibility index (Phi) is 10.8. The van der Waals surface area contributed by atoms with Crippen molar-refractivity contribution >= 4 is 48.0 Å². The van der Waals surface area contributed by atoms with Crippen molar-refractivity contribution in [3.05, 3.63) is 48.5 Å². The minimum Gasteiger partial charge on any atom is -0.497 e. The van der Waals surface area contributed by atoms with Gasteiger partial charge in [-0.2, -0.15) is 16.8 Å². The summed E-state index contributed by atoms with van der Waals surface area (Å²) in [7, 11) is -5.98. The molecular weight excluding hydrogens is 586 g/mol. The fourth-order valence-electron chi connectivity index (χ4n) is 3.36. The zero-order valence-electron chi connectivity index (χ0n) is 21.9. The van der Waals surface area contributed by atoms with E-state index in [0.29, 0.717) is 29.7 Å². The van der Waals surface area contributed by atoms with Crippen LogP contribution < -0.4 is 9.47 Å². The van der Waals surface area contributed by atoms with Gasteiger partial charge in [0.1, 0.15) is 21.3 Å². The normalized spacial score (nSPS) is 18.1. The van der Waals surface area contributed by atoms with E-state index in [9.17, 15) is 26.7 Å². The molecule has 1 fully saturated rings. The van der Waals surface area contributed by atoms with Gasteiger partial charge in [0.15, 0.2) is 11.3 Å². The smallest absolute Gasteiger partial charge is 0.358 e. The molecule has 1 N–H and O–H groups in total. The van der Waals surface area contributed by atoms with Crippen LogP contribution in [0.25, 0.3) is 0 Å². The monoisotopic (exact) mass is 615 g/mol. The number of unbranched alkanes of at least 4 members (excludes halogenated alkanes) is 3. The number of ether oxygens (including phenoxy) is 2. The lowest BCUT2D eigenvalue weighted by molar-refractivity contribution is -0.130. The summed E-state index contributed by atoms with van der Waals surface area (Å²) in [5, 5.41) is 17.0. The van der Waals surface area contributed by atoms with Crippen LogP contribution in [-0.4, -0.2) is 69.8 Å². The number of thioether (sulfide) groups is 1. The van der Waals surface area contributed by atoms with E-state index in [2.05, 4.69) is 10.3 Å². The molecule has 1 unspecified atom stereocenters. The van der Waals surface area contributed by atoms with Gasteiger partial charge in [-0.3, -0.25) is 13.4 Å². The van der Waals surface area contributed by atoms with Gasteiger partial charge < -0.3 is 19.5 Å². The Hall–Kier alpha value is -3.34. The van der Waals surface area contributed by atoms with Crippen LogP contribution in [-0.2, 0) is 33.6 Å². The van der Waals surface area contributed by atoms with Crippen LogP contribution >= 0.6 is 11.8 Å². The molecule has 2 aromatic carbocycles. The maximum absolute atomic E-state index is 13.1. The second kappa shape index (κ2) is 13.8. The molecule has 2 aromatic rings. The summed E-state index contributed by atoms with van der Waals surface area (Å²) in [5.41, 5.74) is 0. The molecule has 16 heteroatoms. The molecule has 0 aliphatic carbocycles. The molecule has 0 radical (unpaired) electrons. The number of carbonyl (C=O) groups is 1. The maximum Gasteiger partial charge on any atom is 0.358 e. The Morgan fingerprint density at radius 3 is 1.80 bits per heavy atom. The van der Waals surface area contributed by atoms with E-state index in [1.54, 1.807) is 0 Å². The number of nitrogens with zero attached hydrogens (tertiary/aromatic N) is 3. The molecule has 40 heavy (non-hydrogen) atoms. The molecular formula is C24H29N3O10S3. The third kappa shape index (κ3) is 7.87. The predicted octanol–water partition coefficient (Wildman–Crippen LogP) is 2.92. The highest BCUT2D eigenvalue weighted by Gasteiger charge is 2.39. The SMILES string of the molecule is CCCCCCN1C(=O)/C(=N/OS(=O)(=O)c2ccc(OC)cc2)S/C(=N\OS(=O)(=O)c2ccc(OC)cc2)C1O. The molecule has 0 saturated carbocycles. The number of hydrogen-bond donors (Lipinski definition) is 1. The average molecular weight is 616 g/mol. The number of hydrogen-bond acceptors (Lipinski definition) is 13. The third-order valence-corrected chi connectivity index (χ3v) is 8.73. The third-order valence-electron chi connectivity index (χ3n) is 5.55. The molecule has 13 nitrogen and oxygen atoms in total. The van der Waals surface area contributed by atoms with E-state index in [1.807, 2.05) is 6.92 Å². The highest BCUT2D eigenvalue weighted by atomic mass is 32.2. The lowest BCUT2D eigenvalue weighted by Crippen LogP contribution is -2.51. The van der Waals surface area contributed by atoms with E-state index in [0.717, 1.165) is 24.2 Å². The van der Waals surface area contributed by atoms with E-state index in [-0.39, 0.29) is 21.4 Å². The van der Waals surface area contributed by atoms with Crippen molar-refractivity contribution in [1.29, 1.82) is 0 Å². The molecule has 0 aromatic heterocycles. The van der Waals surface area contributed by atoms with Crippen LogP contribution in [0.1, 0.15) is 32.6 Å². The van der Waals surface area contributed by atoms with Crippen LogP contribution in [0.15, 0.2) is 68.6 Å². The Bertz CT molecular complexity index is 1440. The van der Waals surface area contributed by atoms with Crippen LogP contribution in [0.4, 0.5) is 0 Å². The Balaban J connectivity index is 1.87. The number of carbonyl (C=O) groups excluding carboxylic acids is 1. The second-order valence-electron chi connectivity index (χ2n) is 8.27. The molecule has 3 rings (SSSR count). The maximum atomic E-state index is 13.1. The summed E-state index contributed by atoms with van der Waals surface area (Å²) in [5.74, 6) is 0.0171. The largest absolute Gasteiger partial charge is 0.497 e. The van der Waals surface area contributed by atoms with Gasteiger partial charge in [-0.1, -0.05) is 36.5 Å². The molecule has 1 atom stereocenters. The van der Waals surface area contributed by atoms with Gasteiger partial charge in [-0.25, -0.2) is 0 Å². The van der Waals surface area contributed by atoms with Crippen molar-refractivity contribution < 1.29 is 44.8 Å². The number of rotatable bonds is 13. The van der Waals surface area contributed by atoms with Crippen molar-refractivity contribution in [3.63, 3.8) is 0 Å². The summed E-state index contributed by atoms with van der Waals surface area (Å²) in [4.78, 5) is 13.6. The number of benzene rings is 2. The van der Waals surface area contributed by atoms with Crippen molar-refractivity contribution in [2.24, 2.45) is 10.3 Å². The standard InChI is InChI=1S/C24H29N3O10S3/c1-4-5-6-7-16-27-23(28)21(25-36-39(30,31)19-12-8-17(34-2)9-13-19)38-22(24(27)29)26-37-40(32,33)20-14-10-18(35-3)11-15-20/h8-15,23,28H,4-7,16H2,1-3H3/b25-21-,26-22-. The predicted molar refractivity (Wildman–Crippen MR) is 147 cm³/mol. The fourth-order valence-corrected chi connectivity index (χ4v) is 5.70. The molecule has 1 aliphatic rings. The first-order valence-electron chi connectivity index (χ1n) is 12.0. The molecule has 218 valence electrons. The first kappa shape index (κ1) is 31.2. The zero-order chi connectivity index (χ0) is 29.3. The number of oxime groups is 2. The number of aliphatic hydroxyl groups is 1. The van der Waals surface area contributed by atoms with E-state index >= 15 is 0 Å². The minimum atomic E-state index is -4.43. The first-order valence-corrected chi connectivity index (χ1v) is 15.6. The van der Waals surface area contributed by atoms with Gasteiger partial charge in [0.05, 0.1) is 14.2 Å². The lowest BCUT2D eigenvalue weighted by atomic mass is 10.2. The Morgan fingerprint density at radius 2 is 1.32 bits per heavy atom. The lowest BCUT2D eigenvalue weighted by Gasteiger charge is -2.32. The molecule has 1 amide bonds. The van der Waals surface area contributed by atoms with Crippen molar-refractivity contribution in [3.8, 4) is 11.5 Å². The topological polar surface area (TPSA) is 170 Å². The van der Waals surface area contributed by atoms with Gasteiger partial charge in [0, 0.05) is 6.54 Å².